The van der Waals surface area contributed by atoms with Gasteiger partial charge < -0.3 is 4.74 Å². The molecule has 2 atom stereocenters. The number of amides is 1. The van der Waals surface area contributed by atoms with Gasteiger partial charge in [-0.3, -0.25) is 9.69 Å². The zero-order valence-corrected chi connectivity index (χ0v) is 16.0. The third-order valence-corrected chi connectivity index (χ3v) is 6.05. The van der Waals surface area contributed by atoms with E-state index in [4.69, 9.17) is 4.74 Å². The highest BCUT2D eigenvalue weighted by molar-refractivity contribution is 6.07. The molecule has 0 bridgehead atoms. The summed E-state index contributed by atoms with van der Waals surface area (Å²) < 4.78 is 6.30. The molecular formula is C25H23NO2. The van der Waals surface area contributed by atoms with Gasteiger partial charge in [-0.15, -0.1) is 0 Å². The van der Waals surface area contributed by atoms with E-state index in [1.54, 1.807) is 0 Å². The van der Waals surface area contributed by atoms with Gasteiger partial charge in [0.25, 0.3) is 5.91 Å². The maximum atomic E-state index is 13.3. The molecule has 2 aliphatic rings. The van der Waals surface area contributed by atoms with Crippen molar-refractivity contribution in [1.29, 1.82) is 0 Å². The topological polar surface area (TPSA) is 29.5 Å². The van der Waals surface area contributed by atoms with Crippen molar-refractivity contribution in [2.45, 2.75) is 37.8 Å². The Morgan fingerprint density at radius 2 is 1.64 bits per heavy atom. The van der Waals surface area contributed by atoms with Gasteiger partial charge in [-0.25, -0.2) is 0 Å². The van der Waals surface area contributed by atoms with Gasteiger partial charge in [-0.2, -0.15) is 0 Å². The van der Waals surface area contributed by atoms with E-state index in [0.29, 0.717) is 0 Å². The summed E-state index contributed by atoms with van der Waals surface area (Å²) in [6, 6.07) is 26.4. The lowest BCUT2D eigenvalue weighted by Crippen LogP contribution is -2.75. The standard InChI is InChI=1S/C25H23NO2/c1-18-13-15-20(16-14-18)26-24(27)23(28-21-10-3-2-4-11-21)25(26)17-7-9-19-8-5-6-12-22(19)25/h2-6,8,10-16,23H,7,9,17H2,1H3. The van der Waals surface area contributed by atoms with Crippen LogP contribution in [0.4, 0.5) is 5.69 Å². The van der Waals surface area contributed by atoms with Gasteiger partial charge in [0.2, 0.25) is 6.10 Å². The monoisotopic (exact) mass is 369 g/mol. The van der Waals surface area contributed by atoms with Crippen LogP contribution in [-0.2, 0) is 16.8 Å². The van der Waals surface area contributed by atoms with Crippen LogP contribution >= 0.6 is 0 Å². The quantitative estimate of drug-likeness (QED) is 0.607. The average Bonchev–Trinajstić information content (AvgIpc) is 2.74. The van der Waals surface area contributed by atoms with Crippen LogP contribution in [0.15, 0.2) is 78.9 Å². The van der Waals surface area contributed by atoms with Crippen molar-refractivity contribution in [3.63, 3.8) is 0 Å². The van der Waals surface area contributed by atoms with E-state index in [0.717, 1.165) is 30.7 Å². The number of aryl methyl sites for hydroxylation is 2. The molecule has 0 radical (unpaired) electrons. The molecule has 1 spiro atoms. The van der Waals surface area contributed by atoms with Crippen LogP contribution < -0.4 is 9.64 Å². The SMILES string of the molecule is Cc1ccc(N2C(=O)C(Oc3ccccc3)C23CCCc2ccccc23)cc1. The van der Waals surface area contributed by atoms with Gasteiger partial charge in [-0.05, 0) is 61.6 Å². The fourth-order valence-corrected chi connectivity index (χ4v) is 4.75. The Morgan fingerprint density at radius 1 is 0.929 bits per heavy atom. The number of benzene rings is 3. The number of carbonyl (C=O) groups is 1. The first-order valence-corrected chi connectivity index (χ1v) is 9.91. The van der Waals surface area contributed by atoms with E-state index in [2.05, 4.69) is 43.3 Å². The Labute approximate surface area is 165 Å². The van der Waals surface area contributed by atoms with Crippen LogP contribution in [0.3, 0.4) is 0 Å². The smallest absolute Gasteiger partial charge is 0.271 e. The molecule has 0 N–H and O–H groups in total. The molecule has 1 fully saturated rings. The Hall–Kier alpha value is -3.07. The van der Waals surface area contributed by atoms with Crippen LogP contribution in [-0.4, -0.2) is 12.0 Å². The number of hydrogen-bond acceptors (Lipinski definition) is 2. The highest BCUT2D eigenvalue weighted by Gasteiger charge is 2.64. The van der Waals surface area contributed by atoms with E-state index >= 15 is 0 Å². The molecule has 0 aromatic heterocycles. The maximum Gasteiger partial charge on any atom is 0.271 e. The molecule has 28 heavy (non-hydrogen) atoms. The Bertz CT molecular complexity index is 1010. The van der Waals surface area contributed by atoms with Crippen LogP contribution in [0.2, 0.25) is 0 Å². The summed E-state index contributed by atoms with van der Waals surface area (Å²) in [5, 5.41) is 0. The number of anilines is 1. The molecule has 5 rings (SSSR count). The molecule has 1 amide bonds. The summed E-state index contributed by atoms with van der Waals surface area (Å²) in [7, 11) is 0. The first-order valence-electron chi connectivity index (χ1n) is 9.91. The molecule has 1 saturated heterocycles. The lowest BCUT2D eigenvalue weighted by Gasteiger charge is -2.58. The fraction of sp³-hybridized carbons (Fsp3) is 0.240. The van der Waals surface area contributed by atoms with Gasteiger partial charge in [0.1, 0.15) is 11.3 Å². The predicted octanol–water partition coefficient (Wildman–Crippen LogP) is 5.02. The van der Waals surface area contributed by atoms with Crippen LogP contribution in [0.25, 0.3) is 0 Å². The molecule has 3 aromatic rings. The number of β-lactam (4-membered cyclic amide) rings is 1. The normalized spacial score (nSPS) is 23.2. The Balaban J connectivity index is 1.63. The van der Waals surface area contributed by atoms with E-state index < -0.39 is 11.6 Å². The number of hydrogen-bond donors (Lipinski definition) is 0. The van der Waals surface area contributed by atoms with Crippen LogP contribution in [0.5, 0.6) is 5.75 Å². The fourth-order valence-electron chi connectivity index (χ4n) is 4.75. The molecule has 2 unspecified atom stereocenters. The van der Waals surface area contributed by atoms with Crippen molar-refractivity contribution in [1.82, 2.24) is 0 Å². The van der Waals surface area contributed by atoms with Crippen molar-refractivity contribution in [3.8, 4) is 5.75 Å². The summed E-state index contributed by atoms with van der Waals surface area (Å²) in [4.78, 5) is 15.3. The highest BCUT2D eigenvalue weighted by atomic mass is 16.5. The zero-order valence-electron chi connectivity index (χ0n) is 16.0. The summed E-state index contributed by atoms with van der Waals surface area (Å²) in [6.45, 7) is 2.06. The minimum atomic E-state index is -0.502. The molecule has 0 saturated carbocycles. The van der Waals surface area contributed by atoms with E-state index in [1.165, 1.54) is 16.7 Å². The summed E-state index contributed by atoms with van der Waals surface area (Å²) in [5.41, 5.74) is 4.23. The van der Waals surface area contributed by atoms with Gasteiger partial charge in [0.15, 0.2) is 0 Å². The predicted molar refractivity (Wildman–Crippen MR) is 111 cm³/mol. The van der Waals surface area contributed by atoms with Crippen molar-refractivity contribution in [3.05, 3.63) is 95.6 Å². The van der Waals surface area contributed by atoms with Crippen molar-refractivity contribution < 1.29 is 9.53 Å². The van der Waals surface area contributed by atoms with E-state index in [-0.39, 0.29) is 5.91 Å². The first-order chi connectivity index (χ1) is 13.7. The minimum Gasteiger partial charge on any atom is -0.478 e. The Kier molecular flexibility index (Phi) is 3.97. The zero-order chi connectivity index (χ0) is 19.1. The Morgan fingerprint density at radius 3 is 2.43 bits per heavy atom. The number of para-hydroxylation sites is 1. The maximum absolute atomic E-state index is 13.3. The van der Waals surface area contributed by atoms with Gasteiger partial charge in [-0.1, -0.05) is 60.2 Å². The van der Waals surface area contributed by atoms with Crippen LogP contribution in [0.1, 0.15) is 29.5 Å². The van der Waals surface area contributed by atoms with Gasteiger partial charge in [0.05, 0.1) is 0 Å². The second-order valence-electron chi connectivity index (χ2n) is 7.76. The molecule has 1 aliphatic heterocycles. The molecule has 140 valence electrons. The second-order valence-corrected chi connectivity index (χ2v) is 7.76. The molecule has 1 heterocycles. The summed E-state index contributed by atoms with van der Waals surface area (Å²) >= 11 is 0. The largest absolute Gasteiger partial charge is 0.478 e. The lowest BCUT2D eigenvalue weighted by atomic mass is 9.66. The lowest BCUT2D eigenvalue weighted by molar-refractivity contribution is -0.143. The summed E-state index contributed by atoms with van der Waals surface area (Å²) in [5.74, 6) is 0.774. The van der Waals surface area contributed by atoms with E-state index in [1.807, 2.05) is 47.4 Å². The molecule has 3 aromatic carbocycles. The number of rotatable bonds is 3. The van der Waals surface area contributed by atoms with Crippen molar-refractivity contribution in [2.75, 3.05) is 4.90 Å². The minimum absolute atomic E-state index is 0.0319. The van der Waals surface area contributed by atoms with Gasteiger partial charge >= 0.3 is 0 Å². The number of nitrogens with zero attached hydrogens (tertiary/aromatic N) is 1. The van der Waals surface area contributed by atoms with E-state index in [9.17, 15) is 4.79 Å². The second kappa shape index (κ2) is 6.52. The third kappa shape index (κ3) is 2.46. The number of fused-ring (bicyclic) bond motifs is 2. The summed E-state index contributed by atoms with van der Waals surface area (Å²) in [6.07, 6.45) is 2.49. The number of ether oxygens (including phenoxy) is 1. The van der Waals surface area contributed by atoms with Gasteiger partial charge in [0, 0.05) is 5.69 Å². The van der Waals surface area contributed by atoms with Crippen LogP contribution in [0, 0.1) is 6.92 Å². The molecule has 1 aliphatic carbocycles. The molecular weight excluding hydrogens is 346 g/mol. The average molecular weight is 369 g/mol. The first kappa shape index (κ1) is 17.1. The van der Waals surface area contributed by atoms with Crippen molar-refractivity contribution in [2.24, 2.45) is 0 Å². The highest BCUT2D eigenvalue weighted by Crippen LogP contribution is 2.52. The molecule has 3 nitrogen and oxygen atoms in total. The third-order valence-electron chi connectivity index (χ3n) is 6.05. The van der Waals surface area contributed by atoms with Crippen molar-refractivity contribution >= 4 is 11.6 Å². The molecule has 3 heteroatoms. The number of carbonyl (C=O) groups excluding carboxylic acids is 1.